The molecule has 1 saturated heterocycles. The van der Waals surface area contributed by atoms with E-state index < -0.39 is 0 Å². The molecule has 1 aliphatic heterocycles. The first kappa shape index (κ1) is 10.6. The second-order valence-corrected chi connectivity index (χ2v) is 3.30. The molecule has 4 nitrogen and oxygen atoms in total. The maximum Gasteiger partial charge on any atom is 0.225 e. The van der Waals surface area contributed by atoms with E-state index in [0.717, 1.165) is 6.42 Å². The highest BCUT2D eigenvalue weighted by atomic mass is 16.2. The molecular weight excluding hydrogens is 180 g/mol. The quantitative estimate of drug-likeness (QED) is 0.475. The minimum atomic E-state index is -0.201. The summed E-state index contributed by atoms with van der Waals surface area (Å²) >= 11 is 0. The summed E-state index contributed by atoms with van der Waals surface area (Å²) in [5.41, 5.74) is 0. The van der Waals surface area contributed by atoms with Crippen molar-refractivity contribution in [2.24, 2.45) is 5.92 Å². The van der Waals surface area contributed by atoms with E-state index >= 15 is 0 Å². The SMILES string of the molecule is C#CCCCNC(=O)C1CNC(=O)C1. The number of nitrogens with one attached hydrogen (secondary N) is 2. The van der Waals surface area contributed by atoms with Gasteiger partial charge in [-0.15, -0.1) is 12.3 Å². The molecule has 1 heterocycles. The van der Waals surface area contributed by atoms with Crippen LogP contribution in [0.1, 0.15) is 19.3 Å². The van der Waals surface area contributed by atoms with Gasteiger partial charge in [-0.25, -0.2) is 0 Å². The number of rotatable bonds is 4. The van der Waals surface area contributed by atoms with Gasteiger partial charge in [-0.3, -0.25) is 9.59 Å². The molecule has 14 heavy (non-hydrogen) atoms. The van der Waals surface area contributed by atoms with E-state index in [1.165, 1.54) is 0 Å². The molecule has 0 radical (unpaired) electrons. The van der Waals surface area contributed by atoms with Gasteiger partial charge in [-0.05, 0) is 6.42 Å². The summed E-state index contributed by atoms with van der Waals surface area (Å²) in [4.78, 5) is 22.2. The highest BCUT2D eigenvalue weighted by Gasteiger charge is 2.27. The smallest absolute Gasteiger partial charge is 0.225 e. The fraction of sp³-hybridized carbons (Fsp3) is 0.600. The zero-order chi connectivity index (χ0) is 10.4. The number of amides is 2. The summed E-state index contributed by atoms with van der Waals surface area (Å²) in [7, 11) is 0. The molecule has 4 heteroatoms. The van der Waals surface area contributed by atoms with Gasteiger partial charge in [-0.1, -0.05) is 0 Å². The molecule has 0 aliphatic carbocycles. The number of hydrogen-bond donors (Lipinski definition) is 2. The second-order valence-electron chi connectivity index (χ2n) is 3.30. The average Bonchev–Trinajstić information content (AvgIpc) is 2.59. The third-order valence-corrected chi connectivity index (χ3v) is 2.15. The van der Waals surface area contributed by atoms with Crippen LogP contribution in [0.3, 0.4) is 0 Å². The third kappa shape index (κ3) is 3.09. The van der Waals surface area contributed by atoms with E-state index in [1.807, 2.05) is 0 Å². The summed E-state index contributed by atoms with van der Waals surface area (Å²) in [6.45, 7) is 1.05. The van der Waals surface area contributed by atoms with Crippen LogP contribution >= 0.6 is 0 Å². The second kappa shape index (κ2) is 5.28. The molecule has 0 bridgehead atoms. The Balaban J connectivity index is 2.16. The van der Waals surface area contributed by atoms with Crippen molar-refractivity contribution in [2.75, 3.05) is 13.1 Å². The van der Waals surface area contributed by atoms with E-state index in [9.17, 15) is 9.59 Å². The molecule has 0 aromatic rings. The molecule has 1 rings (SSSR count). The van der Waals surface area contributed by atoms with Gasteiger partial charge in [0.25, 0.3) is 0 Å². The van der Waals surface area contributed by atoms with Crippen LogP contribution < -0.4 is 10.6 Å². The Morgan fingerprint density at radius 1 is 1.71 bits per heavy atom. The molecule has 0 saturated carbocycles. The van der Waals surface area contributed by atoms with Crippen LogP contribution in [0.4, 0.5) is 0 Å². The maximum atomic E-state index is 11.4. The van der Waals surface area contributed by atoms with Gasteiger partial charge < -0.3 is 10.6 Å². The summed E-state index contributed by atoms with van der Waals surface area (Å²) in [6, 6.07) is 0. The van der Waals surface area contributed by atoms with Gasteiger partial charge in [0, 0.05) is 25.9 Å². The molecule has 1 atom stereocenters. The Hall–Kier alpha value is -1.50. The van der Waals surface area contributed by atoms with E-state index in [0.29, 0.717) is 25.9 Å². The predicted octanol–water partition coefficient (Wildman–Crippen LogP) is -0.348. The Bertz CT molecular complexity index is 268. The molecule has 2 N–H and O–H groups in total. The highest BCUT2D eigenvalue weighted by Crippen LogP contribution is 2.08. The van der Waals surface area contributed by atoms with E-state index in [2.05, 4.69) is 16.6 Å². The number of carbonyl (C=O) groups is 2. The summed E-state index contributed by atoms with van der Waals surface area (Å²) in [5, 5.41) is 5.37. The lowest BCUT2D eigenvalue weighted by Gasteiger charge is -2.07. The Labute approximate surface area is 83.4 Å². The van der Waals surface area contributed by atoms with Gasteiger partial charge in [0.1, 0.15) is 0 Å². The molecule has 2 amide bonds. The first-order valence-electron chi connectivity index (χ1n) is 4.72. The van der Waals surface area contributed by atoms with Gasteiger partial charge in [0.05, 0.1) is 5.92 Å². The van der Waals surface area contributed by atoms with E-state index in [-0.39, 0.29) is 17.7 Å². The standard InChI is InChI=1S/C10H14N2O2/c1-2-3-4-5-11-10(14)8-6-9(13)12-7-8/h1,8H,3-7H2,(H,11,14)(H,12,13). The monoisotopic (exact) mass is 194 g/mol. The van der Waals surface area contributed by atoms with Crippen molar-refractivity contribution in [2.45, 2.75) is 19.3 Å². The van der Waals surface area contributed by atoms with Crippen molar-refractivity contribution >= 4 is 11.8 Å². The molecular formula is C10H14N2O2. The Morgan fingerprint density at radius 3 is 3.07 bits per heavy atom. The number of carbonyl (C=O) groups excluding carboxylic acids is 2. The van der Waals surface area contributed by atoms with Crippen LogP contribution in [0.5, 0.6) is 0 Å². The third-order valence-electron chi connectivity index (χ3n) is 2.15. The largest absolute Gasteiger partial charge is 0.356 e. The van der Waals surface area contributed by atoms with Crippen LogP contribution in [0.2, 0.25) is 0 Å². The van der Waals surface area contributed by atoms with Crippen molar-refractivity contribution in [3.05, 3.63) is 0 Å². The minimum Gasteiger partial charge on any atom is -0.356 e. The van der Waals surface area contributed by atoms with Gasteiger partial charge in [0.15, 0.2) is 0 Å². The fourth-order valence-electron chi connectivity index (χ4n) is 1.34. The zero-order valence-corrected chi connectivity index (χ0v) is 8.01. The number of hydrogen-bond acceptors (Lipinski definition) is 2. The highest BCUT2D eigenvalue weighted by molar-refractivity contribution is 5.89. The topological polar surface area (TPSA) is 58.2 Å². The first-order chi connectivity index (χ1) is 6.74. The van der Waals surface area contributed by atoms with Crippen molar-refractivity contribution in [3.8, 4) is 12.3 Å². The lowest BCUT2D eigenvalue weighted by molar-refractivity contribution is -0.126. The first-order valence-corrected chi connectivity index (χ1v) is 4.72. The number of unbranched alkanes of at least 4 members (excludes halogenated alkanes) is 1. The van der Waals surface area contributed by atoms with Crippen LogP contribution in [0.15, 0.2) is 0 Å². The predicted molar refractivity (Wildman–Crippen MR) is 52.2 cm³/mol. The average molecular weight is 194 g/mol. The van der Waals surface area contributed by atoms with Gasteiger partial charge >= 0.3 is 0 Å². The molecule has 1 unspecified atom stereocenters. The lowest BCUT2D eigenvalue weighted by atomic mass is 10.1. The van der Waals surface area contributed by atoms with Crippen molar-refractivity contribution in [3.63, 3.8) is 0 Å². The molecule has 0 aromatic heterocycles. The van der Waals surface area contributed by atoms with E-state index in [4.69, 9.17) is 6.42 Å². The molecule has 1 aliphatic rings. The summed E-state index contributed by atoms with van der Waals surface area (Å²) in [5.74, 6) is 2.20. The Morgan fingerprint density at radius 2 is 2.50 bits per heavy atom. The minimum absolute atomic E-state index is 0.0474. The fourth-order valence-corrected chi connectivity index (χ4v) is 1.34. The normalized spacial score (nSPS) is 19.9. The summed E-state index contributed by atoms with van der Waals surface area (Å²) < 4.78 is 0. The van der Waals surface area contributed by atoms with Crippen molar-refractivity contribution in [1.29, 1.82) is 0 Å². The van der Waals surface area contributed by atoms with Crippen molar-refractivity contribution < 1.29 is 9.59 Å². The Kier molecular flexibility index (Phi) is 3.99. The molecule has 1 fully saturated rings. The van der Waals surface area contributed by atoms with Gasteiger partial charge in [0.2, 0.25) is 11.8 Å². The lowest BCUT2D eigenvalue weighted by Crippen LogP contribution is -2.32. The van der Waals surface area contributed by atoms with Crippen LogP contribution in [-0.2, 0) is 9.59 Å². The zero-order valence-electron chi connectivity index (χ0n) is 8.01. The molecule has 0 aromatic carbocycles. The van der Waals surface area contributed by atoms with Crippen LogP contribution in [0, 0.1) is 18.3 Å². The molecule has 0 spiro atoms. The maximum absolute atomic E-state index is 11.4. The number of terminal acetylenes is 1. The van der Waals surface area contributed by atoms with Crippen LogP contribution in [0.25, 0.3) is 0 Å². The van der Waals surface area contributed by atoms with Crippen molar-refractivity contribution in [1.82, 2.24) is 10.6 Å². The molecule has 76 valence electrons. The summed E-state index contributed by atoms with van der Waals surface area (Å²) in [6.07, 6.45) is 6.83. The van der Waals surface area contributed by atoms with E-state index in [1.54, 1.807) is 0 Å². The van der Waals surface area contributed by atoms with Crippen LogP contribution in [-0.4, -0.2) is 24.9 Å². The van der Waals surface area contributed by atoms with Gasteiger partial charge in [-0.2, -0.15) is 0 Å².